The van der Waals surface area contributed by atoms with Gasteiger partial charge in [0.05, 0.1) is 8.55 Å². The number of rotatable bonds is 0. The Hall–Kier alpha value is 0.531. The molecule has 1 aliphatic rings. The third kappa shape index (κ3) is 1.32. The van der Waals surface area contributed by atoms with E-state index in [1.54, 1.807) is 0 Å². The molecule has 0 N–H and O–H groups in total. The quantitative estimate of drug-likeness (QED) is 0.265. The van der Waals surface area contributed by atoms with Gasteiger partial charge in [-0.05, 0) is 0 Å². The Labute approximate surface area is 42.1 Å². The minimum Gasteiger partial charge on any atom is -0.270 e. The van der Waals surface area contributed by atoms with Gasteiger partial charge in [0.25, 0.3) is 0 Å². The van der Waals surface area contributed by atoms with Crippen molar-refractivity contribution in [3.63, 3.8) is 0 Å². The van der Waals surface area contributed by atoms with Gasteiger partial charge in [-0.2, -0.15) is 0 Å². The first-order valence-corrected chi connectivity index (χ1v) is 11.1. The summed E-state index contributed by atoms with van der Waals surface area (Å²) in [6, 6.07) is 0. The highest BCUT2D eigenvalue weighted by Crippen LogP contribution is 1.80. The van der Waals surface area contributed by atoms with Crippen molar-refractivity contribution >= 4 is 27.1 Å². The van der Waals surface area contributed by atoms with Crippen molar-refractivity contribution in [1.29, 1.82) is 0 Å². The van der Waals surface area contributed by atoms with Crippen molar-refractivity contribution in [3.8, 4) is 0 Å². The Morgan fingerprint density at radius 2 is 1.67 bits per heavy atom. The van der Waals surface area contributed by atoms with E-state index in [1.165, 1.54) is 0 Å². The molecular weight excluding hydrogens is 132 g/mol. The van der Waals surface area contributed by atoms with Gasteiger partial charge in [0.15, 0.2) is 18.6 Å². The van der Waals surface area contributed by atoms with Crippen LogP contribution in [-0.2, 0) is 14.2 Å². The Bertz CT molecular complexity index is 21.5. The van der Waals surface area contributed by atoms with Gasteiger partial charge in [-0.25, -0.2) is 0 Å². The minimum atomic E-state index is -0.138. The van der Waals surface area contributed by atoms with E-state index in [9.17, 15) is 0 Å². The van der Waals surface area contributed by atoms with Crippen LogP contribution in [0.4, 0.5) is 0 Å². The lowest BCUT2D eigenvalue weighted by Crippen LogP contribution is -2.25. The van der Waals surface area contributed by atoms with Gasteiger partial charge in [-0.15, -0.1) is 0 Å². The van der Waals surface area contributed by atoms with Crippen LogP contribution in [0.25, 0.3) is 0 Å². The fourth-order valence-electron chi connectivity index (χ4n) is 0.279. The molecule has 0 unspecified atom stereocenters. The molecule has 0 radical (unpaired) electrons. The average molecular weight is 138 g/mol. The predicted octanol–water partition coefficient (Wildman–Crippen LogP) is -2.95. The van der Waals surface area contributed by atoms with E-state index in [2.05, 4.69) is 14.2 Å². The second kappa shape index (κ2) is 2.66. The van der Waals surface area contributed by atoms with Crippen LogP contribution in [0.2, 0.25) is 0 Å². The zero-order chi connectivity index (χ0) is 4.24. The summed E-state index contributed by atoms with van der Waals surface area (Å²) in [6.07, 6.45) is 0. The Morgan fingerprint density at radius 3 is 1.83 bits per heavy atom. The Morgan fingerprint density at radius 1 is 1.00 bits per heavy atom. The summed E-state index contributed by atoms with van der Waals surface area (Å²) in [5, 5.41) is 4.23. The molecule has 3 nitrogen and oxygen atoms in total. The third-order valence-corrected chi connectivity index (χ3v) is 9.58. The second-order valence-electron chi connectivity index (χ2n) is 1.07. The molecule has 0 saturated carbocycles. The van der Waals surface area contributed by atoms with Gasteiger partial charge in [0, 0.05) is 0 Å². The van der Waals surface area contributed by atoms with Crippen LogP contribution < -0.4 is 0 Å². The van der Waals surface area contributed by atoms with Gasteiger partial charge >= 0.3 is 0 Å². The average Bonchev–Trinajstić information content (AvgIpc) is 1.72. The van der Waals surface area contributed by atoms with E-state index < -0.39 is 0 Å². The number of hydrogen-bond donors (Lipinski definition) is 0. The van der Waals surface area contributed by atoms with E-state index in [-0.39, 0.29) is 27.1 Å². The molecule has 1 aliphatic heterocycles. The van der Waals surface area contributed by atoms with Crippen molar-refractivity contribution in [1.82, 2.24) is 0 Å². The molecule has 1 rings (SSSR count). The standard InChI is InChI=1S/H6O3Si3/c1-2-4-6-5-3-1/h4-6H2. The molecule has 0 aromatic rings. The number of hydrogen-bond acceptors (Lipinski definition) is 3. The van der Waals surface area contributed by atoms with Crippen LogP contribution in [0.3, 0.4) is 0 Å². The fraction of sp³-hybridized carbons (Fsp3) is 0. The van der Waals surface area contributed by atoms with Crippen LogP contribution >= 0.6 is 0 Å². The molecule has 0 aromatic heterocycles. The molecule has 1 saturated heterocycles. The zero-order valence-corrected chi connectivity index (χ0v) is 7.59. The Kier molecular flexibility index (Phi) is 2.08. The molecule has 1 fully saturated rings. The lowest BCUT2D eigenvalue weighted by molar-refractivity contribution is -0.417. The third-order valence-electron chi connectivity index (χ3n) is 0.552. The second-order valence-corrected chi connectivity index (χ2v) is 14.0. The van der Waals surface area contributed by atoms with Crippen LogP contribution in [0, 0.1) is 0 Å². The van der Waals surface area contributed by atoms with Crippen LogP contribution in [-0.4, -0.2) is 27.1 Å². The highest BCUT2D eigenvalue weighted by molar-refractivity contribution is 7.26. The van der Waals surface area contributed by atoms with Gasteiger partial charge in [0.2, 0.25) is 0 Å². The highest BCUT2D eigenvalue weighted by Gasteiger charge is 2.00. The maximum atomic E-state index is 4.58. The van der Waals surface area contributed by atoms with Gasteiger partial charge in [-0.3, -0.25) is 9.15 Å². The van der Waals surface area contributed by atoms with Crippen molar-refractivity contribution < 1.29 is 14.2 Å². The maximum absolute atomic E-state index is 4.58. The van der Waals surface area contributed by atoms with Gasteiger partial charge < -0.3 is 0 Å². The smallest absolute Gasteiger partial charge is 0.193 e. The van der Waals surface area contributed by atoms with E-state index in [0.717, 1.165) is 0 Å². The summed E-state index contributed by atoms with van der Waals surface area (Å²) in [5.74, 6) is 0. The molecule has 36 valence electrons. The maximum Gasteiger partial charge on any atom is 0.193 e. The molecule has 0 amide bonds. The predicted molar refractivity (Wildman–Crippen MR) is 28.9 cm³/mol. The molecular formula is H6O3Si3. The summed E-state index contributed by atoms with van der Waals surface area (Å²) in [5.41, 5.74) is 0. The molecule has 0 atom stereocenters. The lowest BCUT2D eigenvalue weighted by Gasteiger charge is -2.05. The molecule has 0 spiro atoms. The molecule has 6 heteroatoms. The summed E-state index contributed by atoms with van der Waals surface area (Å²) in [7, 11) is -0.0594. The summed E-state index contributed by atoms with van der Waals surface area (Å²) in [6.45, 7) is 0. The van der Waals surface area contributed by atoms with Crippen LogP contribution in [0.5, 0.6) is 0 Å². The van der Waals surface area contributed by atoms with Gasteiger partial charge in [-0.1, -0.05) is 5.04 Å². The highest BCUT2D eigenvalue weighted by atomic mass is 29.5. The molecule has 1 heterocycles. The fourth-order valence-corrected chi connectivity index (χ4v) is 5.69. The van der Waals surface area contributed by atoms with Crippen LogP contribution in [0.15, 0.2) is 0 Å². The lowest BCUT2D eigenvalue weighted by atomic mass is 14.5. The van der Waals surface area contributed by atoms with Crippen molar-refractivity contribution in [3.05, 3.63) is 0 Å². The molecule has 0 aromatic carbocycles. The molecule has 6 heavy (non-hydrogen) atoms. The van der Waals surface area contributed by atoms with E-state index in [1.807, 2.05) is 0 Å². The van der Waals surface area contributed by atoms with E-state index in [4.69, 9.17) is 0 Å². The summed E-state index contributed by atoms with van der Waals surface area (Å²) >= 11 is 0. The largest absolute Gasteiger partial charge is 0.270 e. The van der Waals surface area contributed by atoms with E-state index >= 15 is 0 Å². The van der Waals surface area contributed by atoms with Crippen molar-refractivity contribution in [2.45, 2.75) is 0 Å². The first-order valence-electron chi connectivity index (χ1n) is 1.91. The van der Waals surface area contributed by atoms with Crippen molar-refractivity contribution in [2.24, 2.45) is 0 Å². The van der Waals surface area contributed by atoms with E-state index in [0.29, 0.717) is 0 Å². The van der Waals surface area contributed by atoms with Crippen LogP contribution in [0.1, 0.15) is 0 Å². The van der Waals surface area contributed by atoms with Gasteiger partial charge in [0.1, 0.15) is 0 Å². The monoisotopic (exact) mass is 138 g/mol. The summed E-state index contributed by atoms with van der Waals surface area (Å²) < 4.78 is 9.17. The Balaban J connectivity index is 2.00. The SMILES string of the molecule is O1O[SiH2][SiH2][SiH2]O1. The minimum absolute atomic E-state index is 0.138. The zero-order valence-electron chi connectivity index (χ0n) is 3.35. The summed E-state index contributed by atoms with van der Waals surface area (Å²) in [4.78, 5) is 0. The van der Waals surface area contributed by atoms with Crippen molar-refractivity contribution in [2.75, 3.05) is 0 Å². The first kappa shape index (κ1) is 4.68. The normalized spacial score (nSPS) is 36.0. The topological polar surface area (TPSA) is 27.7 Å². The molecule has 0 aliphatic carbocycles. The first-order chi connectivity index (χ1) is 3.00. The molecule has 0 bridgehead atoms.